The van der Waals surface area contributed by atoms with E-state index in [9.17, 15) is 9.59 Å². The van der Waals surface area contributed by atoms with Crippen molar-refractivity contribution in [1.29, 1.82) is 0 Å². The number of hydrogen-bond donors (Lipinski definition) is 2. The Kier molecular flexibility index (Phi) is 3.79. The Hall–Kier alpha value is -2.70. The van der Waals surface area contributed by atoms with Gasteiger partial charge in [0.25, 0.3) is 0 Å². The molecule has 1 heterocycles. The average molecular weight is 275 g/mol. The minimum absolute atomic E-state index is 0.309. The summed E-state index contributed by atoms with van der Waals surface area (Å²) in [5.74, 6) is -1.93. The minimum Gasteiger partial charge on any atom is -0.480 e. The van der Waals surface area contributed by atoms with Crippen LogP contribution in [0.1, 0.15) is 5.56 Å². The first kappa shape index (κ1) is 13.7. The quantitative estimate of drug-likeness (QED) is 0.835. The highest BCUT2D eigenvalue weighted by molar-refractivity contribution is 5.92. The molecule has 1 aromatic heterocycles. The molecule has 2 rings (SSSR count). The van der Waals surface area contributed by atoms with E-state index in [-0.39, 0.29) is 0 Å². The molecule has 2 N–H and O–H groups in total. The number of nitrogens with zero attached hydrogens (tertiary/aromatic N) is 3. The molecule has 7 heteroatoms. The summed E-state index contributed by atoms with van der Waals surface area (Å²) in [5, 5.41) is 18.4. The number of aliphatic carboxylic acids is 2. The normalized spacial score (nSPS) is 10.4. The van der Waals surface area contributed by atoms with Crippen LogP contribution in [0.15, 0.2) is 24.5 Å². The maximum Gasteiger partial charge on any atom is 0.323 e. The first-order valence-electron chi connectivity index (χ1n) is 5.87. The maximum absolute atomic E-state index is 10.9. The molecule has 7 nitrogen and oxygen atoms in total. The first-order valence-corrected chi connectivity index (χ1v) is 5.87. The van der Waals surface area contributed by atoms with Crippen molar-refractivity contribution in [3.05, 3.63) is 30.1 Å². The van der Waals surface area contributed by atoms with Crippen LogP contribution in [0.5, 0.6) is 0 Å². The Labute approximate surface area is 114 Å². The number of aromatic nitrogens is 2. The fourth-order valence-electron chi connectivity index (χ4n) is 1.94. The fourth-order valence-corrected chi connectivity index (χ4v) is 1.94. The molecular formula is C13H13N3O4. The summed E-state index contributed by atoms with van der Waals surface area (Å²) in [4.78, 5) is 31.1. The number of benzene rings is 1. The topological polar surface area (TPSA) is 104 Å². The van der Waals surface area contributed by atoms with E-state index in [2.05, 4.69) is 9.97 Å². The molecule has 0 amide bonds. The fraction of sp³-hybridized carbons (Fsp3) is 0.231. The summed E-state index contributed by atoms with van der Waals surface area (Å²) < 4.78 is 0. The van der Waals surface area contributed by atoms with Crippen molar-refractivity contribution < 1.29 is 19.8 Å². The van der Waals surface area contributed by atoms with E-state index in [0.29, 0.717) is 16.7 Å². The molecule has 20 heavy (non-hydrogen) atoms. The smallest absolute Gasteiger partial charge is 0.323 e. The zero-order valence-electron chi connectivity index (χ0n) is 10.8. The zero-order valence-corrected chi connectivity index (χ0v) is 10.8. The van der Waals surface area contributed by atoms with Gasteiger partial charge in [-0.1, -0.05) is 11.6 Å². The molecular weight excluding hydrogens is 262 g/mol. The van der Waals surface area contributed by atoms with Crippen molar-refractivity contribution in [2.75, 3.05) is 18.0 Å². The summed E-state index contributed by atoms with van der Waals surface area (Å²) in [6.45, 7) is 1.01. The molecule has 0 radical (unpaired) electrons. The van der Waals surface area contributed by atoms with E-state index in [4.69, 9.17) is 10.2 Å². The lowest BCUT2D eigenvalue weighted by Gasteiger charge is -2.20. The third kappa shape index (κ3) is 3.00. The van der Waals surface area contributed by atoms with Gasteiger partial charge in [-0.25, -0.2) is 9.97 Å². The van der Waals surface area contributed by atoms with Gasteiger partial charge >= 0.3 is 11.9 Å². The third-order valence-electron chi connectivity index (χ3n) is 2.72. The second kappa shape index (κ2) is 5.52. The molecule has 1 aromatic carbocycles. The lowest BCUT2D eigenvalue weighted by molar-refractivity contribution is -0.136. The second-order valence-electron chi connectivity index (χ2n) is 4.36. The molecule has 2 aromatic rings. The number of carboxylic acid groups (broad SMARTS) is 2. The standard InChI is InChI=1S/C13H13N3O4/c1-8-2-3-10-9(4-8)13(15-7-14-10)16(5-11(17)18)6-12(19)20/h2-4,7H,5-6H2,1H3,(H,17,18)(H,19,20). The number of hydrogen-bond acceptors (Lipinski definition) is 5. The maximum atomic E-state index is 10.9. The highest BCUT2D eigenvalue weighted by Gasteiger charge is 2.18. The molecule has 0 aliphatic carbocycles. The highest BCUT2D eigenvalue weighted by Crippen LogP contribution is 2.23. The summed E-state index contributed by atoms with van der Waals surface area (Å²) in [6, 6.07) is 5.47. The second-order valence-corrected chi connectivity index (χ2v) is 4.36. The van der Waals surface area contributed by atoms with Crippen molar-refractivity contribution in [3.8, 4) is 0 Å². The van der Waals surface area contributed by atoms with Gasteiger partial charge in [0.05, 0.1) is 5.52 Å². The Morgan fingerprint density at radius 3 is 2.40 bits per heavy atom. The van der Waals surface area contributed by atoms with E-state index in [1.807, 2.05) is 13.0 Å². The van der Waals surface area contributed by atoms with Crippen molar-refractivity contribution >= 4 is 28.7 Å². The molecule has 0 atom stereocenters. The predicted octanol–water partition coefficient (Wildman–Crippen LogP) is 0.914. The Balaban J connectivity index is 2.54. The lowest BCUT2D eigenvalue weighted by atomic mass is 10.1. The van der Waals surface area contributed by atoms with Crippen molar-refractivity contribution in [2.24, 2.45) is 0 Å². The third-order valence-corrected chi connectivity index (χ3v) is 2.72. The van der Waals surface area contributed by atoms with Gasteiger partial charge in [0.15, 0.2) is 0 Å². The van der Waals surface area contributed by atoms with Crippen LogP contribution in [-0.4, -0.2) is 45.2 Å². The van der Waals surface area contributed by atoms with Crippen LogP contribution >= 0.6 is 0 Å². The van der Waals surface area contributed by atoms with E-state index in [0.717, 1.165) is 5.56 Å². The summed E-state index contributed by atoms with van der Waals surface area (Å²) in [6.07, 6.45) is 1.30. The number of carboxylic acids is 2. The molecule has 0 fully saturated rings. The van der Waals surface area contributed by atoms with Gasteiger partial charge in [0.2, 0.25) is 0 Å². The van der Waals surface area contributed by atoms with Crippen LogP contribution in [-0.2, 0) is 9.59 Å². The van der Waals surface area contributed by atoms with Gasteiger partial charge in [-0.15, -0.1) is 0 Å². The molecule has 0 unspecified atom stereocenters. The molecule has 0 spiro atoms. The van der Waals surface area contributed by atoms with Crippen LogP contribution in [0, 0.1) is 6.92 Å². The Bertz CT molecular complexity index is 656. The van der Waals surface area contributed by atoms with E-state index in [1.165, 1.54) is 11.2 Å². The van der Waals surface area contributed by atoms with Gasteiger partial charge < -0.3 is 15.1 Å². The van der Waals surface area contributed by atoms with E-state index >= 15 is 0 Å². The summed E-state index contributed by atoms with van der Waals surface area (Å²) >= 11 is 0. The van der Waals surface area contributed by atoms with Gasteiger partial charge in [0, 0.05) is 5.39 Å². The van der Waals surface area contributed by atoms with Crippen molar-refractivity contribution in [2.45, 2.75) is 6.92 Å². The van der Waals surface area contributed by atoms with Crippen molar-refractivity contribution in [1.82, 2.24) is 9.97 Å². The highest BCUT2D eigenvalue weighted by atomic mass is 16.4. The number of rotatable bonds is 5. The van der Waals surface area contributed by atoms with Gasteiger partial charge in [-0.2, -0.15) is 0 Å². The van der Waals surface area contributed by atoms with Crippen LogP contribution in [0.25, 0.3) is 10.9 Å². The van der Waals surface area contributed by atoms with E-state index in [1.54, 1.807) is 12.1 Å². The number of aryl methyl sites for hydroxylation is 1. The minimum atomic E-state index is -1.12. The molecule has 0 saturated heterocycles. The summed E-state index contributed by atoms with van der Waals surface area (Å²) in [5.41, 5.74) is 1.60. The largest absolute Gasteiger partial charge is 0.480 e. The van der Waals surface area contributed by atoms with E-state index < -0.39 is 25.0 Å². The number of fused-ring (bicyclic) bond motifs is 1. The SMILES string of the molecule is Cc1ccc2ncnc(N(CC(=O)O)CC(=O)O)c2c1. The van der Waals surface area contributed by atoms with Crippen LogP contribution < -0.4 is 4.90 Å². The van der Waals surface area contributed by atoms with Crippen LogP contribution in [0.4, 0.5) is 5.82 Å². The Morgan fingerprint density at radius 2 is 1.80 bits per heavy atom. The molecule has 0 aliphatic heterocycles. The van der Waals surface area contributed by atoms with Gasteiger partial charge in [0.1, 0.15) is 25.2 Å². The van der Waals surface area contributed by atoms with Crippen molar-refractivity contribution in [3.63, 3.8) is 0 Å². The molecule has 0 saturated carbocycles. The Morgan fingerprint density at radius 1 is 1.15 bits per heavy atom. The lowest BCUT2D eigenvalue weighted by Crippen LogP contribution is -2.35. The van der Waals surface area contributed by atoms with Crippen LogP contribution in [0.3, 0.4) is 0 Å². The molecule has 0 bridgehead atoms. The molecule has 0 aliphatic rings. The number of carbonyl (C=O) groups is 2. The number of anilines is 1. The average Bonchev–Trinajstić information content (AvgIpc) is 2.36. The summed E-state index contributed by atoms with van der Waals surface area (Å²) in [7, 11) is 0. The predicted molar refractivity (Wildman–Crippen MR) is 71.8 cm³/mol. The monoisotopic (exact) mass is 275 g/mol. The van der Waals surface area contributed by atoms with Gasteiger partial charge in [-0.05, 0) is 19.1 Å². The van der Waals surface area contributed by atoms with Gasteiger partial charge in [-0.3, -0.25) is 9.59 Å². The molecule has 104 valence electrons. The first-order chi connectivity index (χ1) is 9.47. The zero-order chi connectivity index (χ0) is 14.7. The van der Waals surface area contributed by atoms with Crippen LogP contribution in [0.2, 0.25) is 0 Å².